The van der Waals surface area contributed by atoms with E-state index in [9.17, 15) is 0 Å². The van der Waals surface area contributed by atoms with Gasteiger partial charge in [0.15, 0.2) is 0 Å². The van der Waals surface area contributed by atoms with E-state index in [0.717, 1.165) is 28.2 Å². The van der Waals surface area contributed by atoms with Crippen LogP contribution in [0, 0.1) is 25.2 Å². The Morgan fingerprint density at radius 2 is 1.44 bits per heavy atom. The van der Waals surface area contributed by atoms with E-state index in [4.69, 9.17) is 32.7 Å². The predicted octanol–water partition coefficient (Wildman–Crippen LogP) is 0.247. The van der Waals surface area contributed by atoms with Crippen molar-refractivity contribution in [2.45, 2.75) is 13.8 Å². The van der Waals surface area contributed by atoms with Gasteiger partial charge in [-0.2, -0.15) is 5.26 Å². The fourth-order valence-corrected chi connectivity index (χ4v) is 2.06. The first-order valence-electron chi connectivity index (χ1n) is 6.91. The van der Waals surface area contributed by atoms with Crippen LogP contribution < -0.4 is 44.8 Å². The van der Waals surface area contributed by atoms with Crippen molar-refractivity contribution in [3.05, 3.63) is 58.7 Å². The van der Waals surface area contributed by atoms with Crippen LogP contribution in [-0.2, 0) is 13.5 Å². The molecule has 128 valence electrons. The van der Waals surface area contributed by atoms with Crippen LogP contribution in [0.15, 0.2) is 36.4 Å². The molecule has 25 heavy (non-hydrogen) atoms. The number of hydrogen-bond acceptors (Lipinski definition) is 5. The monoisotopic (exact) mass is 384 g/mol. The van der Waals surface area contributed by atoms with Crippen molar-refractivity contribution in [2.75, 3.05) is 14.2 Å². The van der Waals surface area contributed by atoms with Crippen molar-refractivity contribution >= 4 is 30.7 Å². The van der Waals surface area contributed by atoms with Crippen molar-refractivity contribution in [3.8, 4) is 17.6 Å². The van der Waals surface area contributed by atoms with Crippen LogP contribution in [0.25, 0.3) is 0 Å². The first-order chi connectivity index (χ1) is 10.9. The van der Waals surface area contributed by atoms with E-state index in [1.165, 1.54) is 0 Å². The molecule has 0 aliphatic rings. The van der Waals surface area contributed by atoms with E-state index < -0.39 is 0 Å². The molecule has 2 aromatic rings. The molecule has 0 spiro atoms. The number of thiol groups is 1. The molecule has 0 bridgehead atoms. The van der Waals surface area contributed by atoms with E-state index in [0.29, 0.717) is 10.6 Å². The van der Waals surface area contributed by atoms with E-state index in [1.54, 1.807) is 20.3 Å². The first kappa shape index (κ1) is 26.0. The van der Waals surface area contributed by atoms with E-state index in [2.05, 4.69) is 6.07 Å². The van der Waals surface area contributed by atoms with Crippen molar-refractivity contribution in [1.29, 1.82) is 5.26 Å². The van der Waals surface area contributed by atoms with Gasteiger partial charge in [-0.05, 0) is 61.4 Å². The maximum absolute atomic E-state index is 8.58. The fraction of sp³-hybridized carbons (Fsp3) is 0.222. The molecular formula is C18H21N2NaO2S2. The van der Waals surface area contributed by atoms with Crippen LogP contribution in [0.1, 0.15) is 22.3 Å². The molecule has 0 aromatic heterocycles. The third kappa shape index (κ3) is 9.15. The Kier molecular flexibility index (Phi) is 13.6. The molecule has 0 amide bonds. The van der Waals surface area contributed by atoms with Crippen molar-refractivity contribution < 1.29 is 39.0 Å². The Labute approximate surface area is 184 Å². The third-order valence-electron chi connectivity index (χ3n) is 2.99. The number of rotatable bonds is 3. The average Bonchev–Trinajstić information content (AvgIpc) is 2.54. The van der Waals surface area contributed by atoms with Gasteiger partial charge in [-0.15, -0.1) is 0 Å². The van der Waals surface area contributed by atoms with Gasteiger partial charge in [0.05, 0.1) is 25.9 Å². The Morgan fingerprint density at radius 1 is 0.960 bits per heavy atom. The number of nitriles is 1. The van der Waals surface area contributed by atoms with Crippen LogP contribution in [0.2, 0.25) is 0 Å². The molecule has 7 heteroatoms. The first-order valence-corrected chi connectivity index (χ1v) is 7.31. The quantitative estimate of drug-likeness (QED) is 0.354. The smallest absolute Gasteiger partial charge is 0.813 e. The summed E-state index contributed by atoms with van der Waals surface area (Å²) in [6, 6.07) is 13.2. The van der Waals surface area contributed by atoms with Gasteiger partial charge in [-0.25, -0.2) is 0 Å². The molecule has 2 rings (SSSR count). The van der Waals surface area contributed by atoms with E-state index in [1.807, 2.05) is 44.2 Å². The molecule has 0 aliphatic carbocycles. The second kappa shape index (κ2) is 13.0. The third-order valence-corrected chi connectivity index (χ3v) is 3.22. The molecule has 0 radical (unpaired) electrons. The standard InChI is InChI=1S/C9H11NOS.C9H9NO.Na.H2S/c1-6-3-7(9(10)12)5-8(4-6)11-2;1-7-3-8(6-10)5-9(4-7)11-2;;/h3-5H,1-2H3,(H2,10,12);3-5H,1-2H3;;1H2/q;;+1;/p-1. The number of hydrogen-bond donors (Lipinski definition) is 1. The minimum absolute atomic E-state index is 0. The van der Waals surface area contributed by atoms with Crippen LogP contribution in [0.4, 0.5) is 0 Å². The Hall–Kier alpha value is -1.23. The topological polar surface area (TPSA) is 68.3 Å². The van der Waals surface area contributed by atoms with Crippen LogP contribution in [-0.4, -0.2) is 19.2 Å². The number of nitrogens with two attached hydrogens (primary N) is 1. The number of nitrogens with zero attached hydrogens (tertiary/aromatic N) is 1. The van der Waals surface area contributed by atoms with Crippen molar-refractivity contribution in [1.82, 2.24) is 0 Å². The zero-order valence-electron chi connectivity index (χ0n) is 15.2. The van der Waals surface area contributed by atoms with Gasteiger partial charge in [-0.3, -0.25) is 0 Å². The number of thiocarbonyl (C=S) groups is 1. The molecule has 2 N–H and O–H groups in total. The maximum Gasteiger partial charge on any atom is 1.00 e. The van der Waals surface area contributed by atoms with Gasteiger partial charge in [0.2, 0.25) is 0 Å². The summed E-state index contributed by atoms with van der Waals surface area (Å²) in [7, 11) is 3.22. The molecule has 4 nitrogen and oxygen atoms in total. The normalized spacial score (nSPS) is 8.44. The van der Waals surface area contributed by atoms with Crippen LogP contribution in [0.5, 0.6) is 11.5 Å². The van der Waals surface area contributed by atoms with Gasteiger partial charge in [0.25, 0.3) is 0 Å². The molecule has 0 atom stereocenters. The second-order valence-corrected chi connectivity index (χ2v) is 5.39. The largest absolute Gasteiger partial charge is 1.00 e. The molecule has 0 heterocycles. The fourth-order valence-electron chi connectivity index (χ4n) is 1.94. The maximum atomic E-state index is 8.58. The number of ether oxygens (including phenoxy) is 2. The Balaban J connectivity index is 0. The Bertz CT molecular complexity index is 746. The van der Waals surface area contributed by atoms with E-state index >= 15 is 0 Å². The summed E-state index contributed by atoms with van der Waals surface area (Å²) < 4.78 is 10.1. The van der Waals surface area contributed by atoms with Crippen LogP contribution in [0.3, 0.4) is 0 Å². The van der Waals surface area contributed by atoms with Gasteiger partial charge < -0.3 is 28.7 Å². The minimum Gasteiger partial charge on any atom is -0.813 e. The summed E-state index contributed by atoms with van der Waals surface area (Å²) in [4.78, 5) is 0.400. The number of methoxy groups -OCH3 is 2. The second-order valence-electron chi connectivity index (χ2n) is 4.95. The van der Waals surface area contributed by atoms with Crippen LogP contribution >= 0.6 is 12.2 Å². The zero-order chi connectivity index (χ0) is 17.4. The Morgan fingerprint density at radius 3 is 1.88 bits per heavy atom. The molecule has 0 aliphatic heterocycles. The molecule has 0 unspecified atom stereocenters. The summed E-state index contributed by atoms with van der Waals surface area (Å²) in [5.74, 6) is 1.53. The number of benzene rings is 2. The summed E-state index contributed by atoms with van der Waals surface area (Å²) >= 11 is 4.85. The average molecular weight is 385 g/mol. The molecule has 0 saturated carbocycles. The summed E-state index contributed by atoms with van der Waals surface area (Å²) in [5.41, 5.74) is 9.11. The summed E-state index contributed by atoms with van der Waals surface area (Å²) in [6.45, 7) is 3.91. The molecule has 2 aromatic carbocycles. The summed E-state index contributed by atoms with van der Waals surface area (Å²) in [5, 5.41) is 8.58. The van der Waals surface area contributed by atoms with Crippen molar-refractivity contribution in [2.24, 2.45) is 5.73 Å². The van der Waals surface area contributed by atoms with Gasteiger partial charge >= 0.3 is 29.6 Å². The van der Waals surface area contributed by atoms with Gasteiger partial charge in [-0.1, -0.05) is 12.2 Å². The van der Waals surface area contributed by atoms with Crippen molar-refractivity contribution in [3.63, 3.8) is 0 Å². The summed E-state index contributed by atoms with van der Waals surface area (Å²) in [6.07, 6.45) is 0. The SMILES string of the molecule is COc1cc(C)cc(C#N)c1.COc1cc(C)cc(C(N)=S)c1.[Na+].[SH-]. The predicted molar refractivity (Wildman–Crippen MR) is 105 cm³/mol. The molecule has 0 fully saturated rings. The van der Waals surface area contributed by atoms with Gasteiger partial charge in [0, 0.05) is 5.56 Å². The van der Waals surface area contributed by atoms with Gasteiger partial charge in [0.1, 0.15) is 16.5 Å². The molecule has 0 saturated heterocycles. The molecular weight excluding hydrogens is 363 g/mol. The minimum atomic E-state index is 0. The van der Waals surface area contributed by atoms with E-state index in [-0.39, 0.29) is 43.1 Å². The number of aryl methyl sites for hydroxylation is 2. The zero-order valence-corrected chi connectivity index (χ0v) is 18.9.